The van der Waals surface area contributed by atoms with E-state index in [1.807, 2.05) is 0 Å². The van der Waals surface area contributed by atoms with Gasteiger partial charge in [0.2, 0.25) is 0 Å². The summed E-state index contributed by atoms with van der Waals surface area (Å²) >= 11 is 19.1. The summed E-state index contributed by atoms with van der Waals surface area (Å²) in [6, 6.07) is 8.59. The van der Waals surface area contributed by atoms with Crippen LogP contribution in [0.1, 0.15) is 9.67 Å². The minimum absolute atomic E-state index is 0.0338. The Morgan fingerprint density at radius 2 is 1.89 bits per heavy atom. The number of non-ortho nitro benzene ring substituents is 1. The van der Waals surface area contributed by atoms with Gasteiger partial charge in [0.1, 0.15) is 4.88 Å². The van der Waals surface area contributed by atoms with E-state index in [-0.39, 0.29) is 26.3 Å². The summed E-state index contributed by atoms with van der Waals surface area (Å²) in [6.45, 7) is -0.622. The van der Waals surface area contributed by atoms with E-state index in [0.29, 0.717) is 15.1 Å². The molecule has 0 bridgehead atoms. The fourth-order valence-electron chi connectivity index (χ4n) is 2.28. The molecular formula is C17H9Cl3N2O5S. The first kappa shape index (κ1) is 20.3. The number of amides is 1. The molecule has 2 aromatic carbocycles. The largest absolute Gasteiger partial charge is 0.451 e. The maximum atomic E-state index is 12.3. The molecule has 1 aromatic heterocycles. The number of nitrogens with one attached hydrogen (secondary N) is 1. The summed E-state index contributed by atoms with van der Waals surface area (Å²) in [5.41, 5.74) is -0.209. The molecule has 3 aromatic rings. The number of anilines is 1. The third-order valence-electron chi connectivity index (χ3n) is 3.55. The number of fused-ring (bicyclic) bond motifs is 1. The molecule has 1 N–H and O–H groups in total. The maximum absolute atomic E-state index is 12.3. The lowest BCUT2D eigenvalue weighted by atomic mass is 10.2. The standard InChI is InChI=1S/C17H9Cl3N2O5S/c18-8-1-3-10-13(5-8)28-16(15(10)20)17(24)27-7-14(23)21-12-6-9(22(25)26)2-4-11(12)19/h1-6H,7H2,(H,21,23). The van der Waals surface area contributed by atoms with E-state index >= 15 is 0 Å². The van der Waals surface area contributed by atoms with Crippen molar-refractivity contribution in [3.63, 3.8) is 0 Å². The van der Waals surface area contributed by atoms with Crippen LogP contribution < -0.4 is 5.32 Å². The zero-order valence-corrected chi connectivity index (χ0v) is 16.8. The summed E-state index contributed by atoms with van der Waals surface area (Å²) in [7, 11) is 0. The second kappa shape index (κ2) is 8.32. The van der Waals surface area contributed by atoms with Gasteiger partial charge >= 0.3 is 5.97 Å². The van der Waals surface area contributed by atoms with Crippen LogP contribution in [0.5, 0.6) is 0 Å². The van der Waals surface area contributed by atoms with Crippen LogP contribution in [-0.2, 0) is 9.53 Å². The number of halogens is 3. The Morgan fingerprint density at radius 1 is 1.14 bits per heavy atom. The number of rotatable bonds is 5. The Labute approximate surface area is 176 Å². The fraction of sp³-hybridized carbons (Fsp3) is 0.0588. The highest BCUT2D eigenvalue weighted by Crippen LogP contribution is 2.37. The number of carbonyl (C=O) groups is 2. The molecule has 0 radical (unpaired) electrons. The van der Waals surface area contributed by atoms with E-state index in [0.717, 1.165) is 17.4 Å². The maximum Gasteiger partial charge on any atom is 0.350 e. The Bertz CT molecular complexity index is 1120. The number of carbonyl (C=O) groups excluding carboxylic acids is 2. The van der Waals surface area contributed by atoms with Crippen LogP contribution in [0, 0.1) is 10.1 Å². The van der Waals surface area contributed by atoms with Crippen molar-refractivity contribution in [3.8, 4) is 0 Å². The minimum Gasteiger partial charge on any atom is -0.451 e. The van der Waals surface area contributed by atoms with Crippen molar-refractivity contribution in [2.24, 2.45) is 0 Å². The van der Waals surface area contributed by atoms with Gasteiger partial charge < -0.3 is 10.1 Å². The van der Waals surface area contributed by atoms with E-state index in [1.165, 1.54) is 12.1 Å². The number of hydrogen-bond donors (Lipinski definition) is 1. The number of esters is 1. The molecule has 0 atom stereocenters. The predicted molar refractivity (Wildman–Crippen MR) is 109 cm³/mol. The first-order valence-corrected chi connectivity index (χ1v) is 9.50. The Balaban J connectivity index is 1.68. The van der Waals surface area contributed by atoms with Crippen LogP contribution in [0.25, 0.3) is 10.1 Å². The molecule has 1 heterocycles. The number of nitro groups is 1. The molecule has 1 amide bonds. The average Bonchev–Trinajstić information content (AvgIpc) is 2.97. The van der Waals surface area contributed by atoms with E-state index in [2.05, 4.69) is 5.32 Å². The highest BCUT2D eigenvalue weighted by molar-refractivity contribution is 7.21. The van der Waals surface area contributed by atoms with Gasteiger partial charge in [-0.25, -0.2) is 4.79 Å². The summed E-state index contributed by atoms with van der Waals surface area (Å²) in [5, 5.41) is 14.6. The van der Waals surface area contributed by atoms with E-state index in [9.17, 15) is 19.7 Å². The lowest BCUT2D eigenvalue weighted by Gasteiger charge is -2.07. The van der Waals surface area contributed by atoms with Crippen LogP contribution in [0.15, 0.2) is 36.4 Å². The molecule has 28 heavy (non-hydrogen) atoms. The van der Waals surface area contributed by atoms with Gasteiger partial charge in [0.25, 0.3) is 11.6 Å². The van der Waals surface area contributed by atoms with Crippen molar-refractivity contribution in [1.82, 2.24) is 0 Å². The van der Waals surface area contributed by atoms with Crippen molar-refractivity contribution >= 4 is 79.5 Å². The smallest absolute Gasteiger partial charge is 0.350 e. The molecule has 7 nitrogen and oxygen atoms in total. The molecule has 11 heteroatoms. The molecule has 0 saturated heterocycles. The van der Waals surface area contributed by atoms with Crippen LogP contribution >= 0.6 is 46.1 Å². The number of nitro benzene ring substituents is 1. The number of benzene rings is 2. The third kappa shape index (κ3) is 4.36. The lowest BCUT2D eigenvalue weighted by molar-refractivity contribution is -0.384. The Morgan fingerprint density at radius 3 is 2.61 bits per heavy atom. The van der Waals surface area contributed by atoms with Crippen molar-refractivity contribution in [3.05, 3.63) is 66.5 Å². The van der Waals surface area contributed by atoms with Crippen LogP contribution in [-0.4, -0.2) is 23.4 Å². The molecular weight excluding hydrogens is 451 g/mol. The lowest BCUT2D eigenvalue weighted by Crippen LogP contribution is -2.21. The molecule has 0 spiro atoms. The van der Waals surface area contributed by atoms with Crippen molar-refractivity contribution < 1.29 is 19.2 Å². The molecule has 0 unspecified atom stereocenters. The topological polar surface area (TPSA) is 98.5 Å². The van der Waals surface area contributed by atoms with Crippen molar-refractivity contribution in [2.45, 2.75) is 0 Å². The highest BCUT2D eigenvalue weighted by Gasteiger charge is 2.20. The number of ether oxygens (including phenoxy) is 1. The molecule has 0 aliphatic carbocycles. The summed E-state index contributed by atoms with van der Waals surface area (Å²) in [6.07, 6.45) is 0. The molecule has 144 valence electrons. The van der Waals surface area contributed by atoms with E-state index in [1.54, 1.807) is 18.2 Å². The second-order valence-corrected chi connectivity index (χ2v) is 7.71. The highest BCUT2D eigenvalue weighted by atomic mass is 35.5. The van der Waals surface area contributed by atoms with Crippen molar-refractivity contribution in [1.29, 1.82) is 0 Å². The molecule has 0 aliphatic rings. The van der Waals surface area contributed by atoms with Gasteiger partial charge in [-0.05, 0) is 18.2 Å². The molecule has 0 fully saturated rings. The number of thiophene rings is 1. The van der Waals surface area contributed by atoms with Crippen LogP contribution in [0.4, 0.5) is 11.4 Å². The SMILES string of the molecule is O=C(COC(=O)c1sc2cc(Cl)ccc2c1Cl)Nc1cc([N+](=O)[O-])ccc1Cl. The van der Waals surface area contributed by atoms with E-state index < -0.39 is 23.4 Å². The number of nitrogens with zero attached hydrogens (tertiary/aromatic N) is 1. The Kier molecular flexibility index (Phi) is 6.04. The van der Waals surface area contributed by atoms with Crippen molar-refractivity contribution in [2.75, 3.05) is 11.9 Å². The quantitative estimate of drug-likeness (QED) is 0.306. The zero-order valence-electron chi connectivity index (χ0n) is 13.7. The first-order chi connectivity index (χ1) is 13.3. The Hall–Kier alpha value is -2.39. The summed E-state index contributed by atoms with van der Waals surface area (Å²) in [4.78, 5) is 34.6. The molecule has 0 aliphatic heterocycles. The normalized spacial score (nSPS) is 10.7. The van der Waals surface area contributed by atoms with Crippen LogP contribution in [0.2, 0.25) is 15.1 Å². The zero-order chi connectivity index (χ0) is 20.4. The van der Waals surface area contributed by atoms with Gasteiger partial charge in [0.05, 0.1) is 20.7 Å². The average molecular weight is 460 g/mol. The van der Waals surface area contributed by atoms with Gasteiger partial charge in [-0.15, -0.1) is 11.3 Å². The third-order valence-corrected chi connectivity index (χ3v) is 5.75. The molecule has 3 rings (SSSR count). The second-order valence-electron chi connectivity index (χ2n) is 5.43. The first-order valence-electron chi connectivity index (χ1n) is 7.54. The summed E-state index contributed by atoms with van der Waals surface area (Å²) in [5.74, 6) is -1.49. The van der Waals surface area contributed by atoms with Crippen LogP contribution in [0.3, 0.4) is 0 Å². The minimum atomic E-state index is -0.775. The van der Waals surface area contributed by atoms with E-state index in [4.69, 9.17) is 39.5 Å². The van der Waals surface area contributed by atoms with Gasteiger partial charge in [0, 0.05) is 27.2 Å². The van der Waals surface area contributed by atoms with Gasteiger partial charge in [-0.2, -0.15) is 0 Å². The molecule has 0 saturated carbocycles. The monoisotopic (exact) mass is 458 g/mol. The van der Waals surface area contributed by atoms with Gasteiger partial charge in [0.15, 0.2) is 6.61 Å². The summed E-state index contributed by atoms with van der Waals surface area (Å²) < 4.78 is 5.69. The number of hydrogen-bond acceptors (Lipinski definition) is 6. The van der Waals surface area contributed by atoms with Gasteiger partial charge in [-0.3, -0.25) is 14.9 Å². The predicted octanol–water partition coefficient (Wildman–Crippen LogP) is 5.57. The fourth-order valence-corrected chi connectivity index (χ4v) is 4.12. The van der Waals surface area contributed by atoms with Gasteiger partial charge in [-0.1, -0.05) is 40.9 Å².